The molecule has 0 aliphatic carbocycles. The minimum atomic E-state index is -0.195. The summed E-state index contributed by atoms with van der Waals surface area (Å²) in [5.74, 6) is 5.48. The number of aromatic nitrogens is 3. The molecule has 0 aliphatic rings. The Morgan fingerprint density at radius 2 is 2.33 bits per heavy atom. The van der Waals surface area contributed by atoms with E-state index in [1.807, 2.05) is 19.3 Å². The van der Waals surface area contributed by atoms with E-state index in [9.17, 15) is 4.79 Å². The van der Waals surface area contributed by atoms with E-state index in [0.717, 1.165) is 5.69 Å². The molecule has 94 valence electrons. The smallest absolute Gasteiger partial charge is 0.251 e. The summed E-state index contributed by atoms with van der Waals surface area (Å²) < 4.78 is 1.68. The average Bonchev–Trinajstić information content (AvgIpc) is 2.82. The lowest BCUT2D eigenvalue weighted by atomic mass is 10.2. The standard InChI is InChI=1S/C11H14N6O/c1-17-5-3-9(16-17)7-14-11(18)8-2-4-13-10(6-8)15-12/h2-6H,7,12H2,1H3,(H,13,15)(H,14,18). The highest BCUT2D eigenvalue weighted by Crippen LogP contribution is 2.05. The van der Waals surface area contributed by atoms with Crippen molar-refractivity contribution in [1.29, 1.82) is 0 Å². The first-order chi connectivity index (χ1) is 8.69. The topological polar surface area (TPSA) is 97.9 Å². The Hall–Kier alpha value is -2.41. The molecular formula is C11H14N6O. The van der Waals surface area contributed by atoms with Gasteiger partial charge in [0.15, 0.2) is 0 Å². The molecule has 0 spiro atoms. The van der Waals surface area contributed by atoms with E-state index in [4.69, 9.17) is 5.84 Å². The molecule has 7 nitrogen and oxygen atoms in total. The third-order valence-electron chi connectivity index (χ3n) is 2.37. The van der Waals surface area contributed by atoms with Gasteiger partial charge in [0.2, 0.25) is 0 Å². The van der Waals surface area contributed by atoms with Crippen LogP contribution in [0.2, 0.25) is 0 Å². The van der Waals surface area contributed by atoms with Crippen LogP contribution in [0.3, 0.4) is 0 Å². The van der Waals surface area contributed by atoms with E-state index in [0.29, 0.717) is 17.9 Å². The second-order valence-corrected chi connectivity index (χ2v) is 3.74. The van der Waals surface area contributed by atoms with Gasteiger partial charge in [-0.1, -0.05) is 0 Å². The van der Waals surface area contributed by atoms with Crippen LogP contribution in [-0.2, 0) is 13.6 Å². The van der Waals surface area contributed by atoms with Crippen LogP contribution in [-0.4, -0.2) is 20.7 Å². The molecule has 18 heavy (non-hydrogen) atoms. The quantitative estimate of drug-likeness (QED) is 0.522. The number of rotatable bonds is 4. The minimum Gasteiger partial charge on any atom is -0.346 e. The third kappa shape index (κ3) is 2.83. The second kappa shape index (κ2) is 5.28. The summed E-state index contributed by atoms with van der Waals surface area (Å²) >= 11 is 0. The van der Waals surface area contributed by atoms with Gasteiger partial charge in [0, 0.05) is 25.0 Å². The van der Waals surface area contributed by atoms with Crippen molar-refractivity contribution in [2.24, 2.45) is 12.9 Å². The number of nitrogens with two attached hydrogens (primary N) is 1. The number of carbonyl (C=O) groups excluding carboxylic acids is 1. The van der Waals surface area contributed by atoms with E-state index >= 15 is 0 Å². The molecule has 2 aromatic heterocycles. The Morgan fingerprint density at radius 1 is 1.50 bits per heavy atom. The maximum Gasteiger partial charge on any atom is 0.251 e. The number of hydrogen-bond donors (Lipinski definition) is 3. The molecule has 7 heteroatoms. The number of nitrogen functional groups attached to an aromatic ring is 1. The highest BCUT2D eigenvalue weighted by Gasteiger charge is 2.07. The maximum absolute atomic E-state index is 11.9. The molecule has 0 aromatic carbocycles. The molecule has 4 N–H and O–H groups in total. The van der Waals surface area contributed by atoms with Crippen LogP contribution < -0.4 is 16.6 Å². The Kier molecular flexibility index (Phi) is 3.54. The summed E-state index contributed by atoms with van der Waals surface area (Å²) in [5, 5.41) is 6.94. The normalized spacial score (nSPS) is 10.1. The Labute approximate surface area is 104 Å². The van der Waals surface area contributed by atoms with E-state index in [-0.39, 0.29) is 5.91 Å². The van der Waals surface area contributed by atoms with Crippen molar-refractivity contribution in [3.05, 3.63) is 41.9 Å². The van der Waals surface area contributed by atoms with Crippen molar-refractivity contribution in [2.45, 2.75) is 6.54 Å². The van der Waals surface area contributed by atoms with Crippen LogP contribution in [0.4, 0.5) is 5.82 Å². The molecular weight excluding hydrogens is 232 g/mol. The van der Waals surface area contributed by atoms with Gasteiger partial charge in [0.25, 0.3) is 5.91 Å². The zero-order chi connectivity index (χ0) is 13.0. The summed E-state index contributed by atoms with van der Waals surface area (Å²) in [5.41, 5.74) is 3.69. The van der Waals surface area contributed by atoms with Crippen molar-refractivity contribution in [3.63, 3.8) is 0 Å². The minimum absolute atomic E-state index is 0.195. The Balaban J connectivity index is 1.99. The van der Waals surface area contributed by atoms with Crippen molar-refractivity contribution < 1.29 is 4.79 Å². The number of nitrogens with zero attached hydrogens (tertiary/aromatic N) is 3. The molecule has 0 unspecified atom stereocenters. The maximum atomic E-state index is 11.9. The van der Waals surface area contributed by atoms with Gasteiger partial charge in [-0.05, 0) is 18.2 Å². The molecule has 0 aliphatic heterocycles. The summed E-state index contributed by atoms with van der Waals surface area (Å²) in [6.07, 6.45) is 3.34. The fraction of sp³-hybridized carbons (Fsp3) is 0.182. The number of aryl methyl sites for hydroxylation is 1. The lowest BCUT2D eigenvalue weighted by Gasteiger charge is -2.04. The van der Waals surface area contributed by atoms with Gasteiger partial charge >= 0.3 is 0 Å². The van der Waals surface area contributed by atoms with Crippen molar-refractivity contribution in [1.82, 2.24) is 20.1 Å². The van der Waals surface area contributed by atoms with Crippen molar-refractivity contribution >= 4 is 11.7 Å². The number of anilines is 1. The number of hydrogen-bond acceptors (Lipinski definition) is 5. The fourth-order valence-corrected chi connectivity index (χ4v) is 1.48. The van der Waals surface area contributed by atoms with E-state index in [1.165, 1.54) is 6.20 Å². The fourth-order valence-electron chi connectivity index (χ4n) is 1.48. The average molecular weight is 246 g/mol. The lowest BCUT2D eigenvalue weighted by Crippen LogP contribution is -2.23. The van der Waals surface area contributed by atoms with Gasteiger partial charge in [0.05, 0.1) is 12.2 Å². The van der Waals surface area contributed by atoms with Crippen LogP contribution in [0.1, 0.15) is 16.1 Å². The van der Waals surface area contributed by atoms with Crippen LogP contribution in [0, 0.1) is 0 Å². The second-order valence-electron chi connectivity index (χ2n) is 3.74. The number of hydrazine groups is 1. The molecule has 1 amide bonds. The van der Waals surface area contributed by atoms with Gasteiger partial charge in [0.1, 0.15) is 5.82 Å². The summed E-state index contributed by atoms with van der Waals surface area (Å²) in [6, 6.07) is 5.04. The van der Waals surface area contributed by atoms with Gasteiger partial charge in [-0.15, -0.1) is 0 Å². The molecule has 2 heterocycles. The molecule has 0 saturated carbocycles. The van der Waals surface area contributed by atoms with Crippen molar-refractivity contribution in [3.8, 4) is 0 Å². The van der Waals surface area contributed by atoms with Gasteiger partial charge in [-0.25, -0.2) is 10.8 Å². The SMILES string of the molecule is Cn1ccc(CNC(=O)c2ccnc(NN)c2)n1. The molecule has 2 aromatic rings. The van der Waals surface area contributed by atoms with E-state index in [1.54, 1.807) is 16.8 Å². The Morgan fingerprint density at radius 3 is 3.00 bits per heavy atom. The largest absolute Gasteiger partial charge is 0.346 e. The monoisotopic (exact) mass is 246 g/mol. The van der Waals surface area contributed by atoms with Gasteiger partial charge in [-0.2, -0.15) is 5.10 Å². The summed E-state index contributed by atoms with van der Waals surface area (Å²) in [7, 11) is 1.83. The number of amides is 1. The molecule has 0 bridgehead atoms. The van der Waals surface area contributed by atoms with Crippen molar-refractivity contribution in [2.75, 3.05) is 5.43 Å². The predicted molar refractivity (Wildman–Crippen MR) is 66.4 cm³/mol. The number of carbonyl (C=O) groups is 1. The van der Waals surface area contributed by atoms with Crippen LogP contribution in [0.15, 0.2) is 30.6 Å². The predicted octanol–water partition coefficient (Wildman–Crippen LogP) is 0.0307. The molecule has 0 fully saturated rings. The first-order valence-electron chi connectivity index (χ1n) is 5.38. The van der Waals surface area contributed by atoms with Crippen LogP contribution in [0.25, 0.3) is 0 Å². The number of nitrogens with one attached hydrogen (secondary N) is 2. The first-order valence-corrected chi connectivity index (χ1v) is 5.38. The zero-order valence-corrected chi connectivity index (χ0v) is 9.92. The summed E-state index contributed by atoms with van der Waals surface area (Å²) in [6.45, 7) is 0.382. The zero-order valence-electron chi connectivity index (χ0n) is 9.92. The van der Waals surface area contributed by atoms with E-state index < -0.39 is 0 Å². The molecule has 2 rings (SSSR count). The molecule has 0 atom stereocenters. The summed E-state index contributed by atoms with van der Waals surface area (Å²) in [4.78, 5) is 15.8. The first kappa shape index (κ1) is 12.1. The molecule has 0 saturated heterocycles. The molecule has 0 radical (unpaired) electrons. The van der Waals surface area contributed by atoms with Crippen LogP contribution in [0.5, 0.6) is 0 Å². The lowest BCUT2D eigenvalue weighted by molar-refractivity contribution is 0.0950. The van der Waals surface area contributed by atoms with E-state index in [2.05, 4.69) is 20.8 Å². The van der Waals surface area contributed by atoms with Gasteiger partial charge in [-0.3, -0.25) is 9.48 Å². The highest BCUT2D eigenvalue weighted by atomic mass is 16.1. The third-order valence-corrected chi connectivity index (χ3v) is 2.37. The van der Waals surface area contributed by atoms with Crippen LogP contribution >= 0.6 is 0 Å². The number of pyridine rings is 1. The Bertz CT molecular complexity index is 550. The highest BCUT2D eigenvalue weighted by molar-refractivity contribution is 5.94. The van der Waals surface area contributed by atoms with Gasteiger partial charge < -0.3 is 10.7 Å².